The first-order valence-electron chi connectivity index (χ1n) is 7.86. The standard InChI is InChI=1S/C15H26N4/c1-11(2)15(8-9-16-10-15)14-17-13(18-19-14)12-6-4-3-5-7-12/h11-12,16H,3-10H2,1-2H3,(H,17,18,19). The van der Waals surface area contributed by atoms with Gasteiger partial charge in [-0.15, -0.1) is 0 Å². The quantitative estimate of drug-likeness (QED) is 0.880. The SMILES string of the molecule is CC(C)C1(c2n[nH]c(C3CCCCC3)n2)CCNC1. The summed E-state index contributed by atoms with van der Waals surface area (Å²) in [7, 11) is 0. The first-order valence-corrected chi connectivity index (χ1v) is 7.86. The van der Waals surface area contributed by atoms with Gasteiger partial charge in [0.1, 0.15) is 5.82 Å². The molecule has 2 fully saturated rings. The zero-order valence-electron chi connectivity index (χ0n) is 12.2. The Morgan fingerprint density at radius 3 is 2.63 bits per heavy atom. The second-order valence-electron chi connectivity index (χ2n) is 6.62. The Morgan fingerprint density at radius 2 is 2.00 bits per heavy atom. The van der Waals surface area contributed by atoms with Gasteiger partial charge >= 0.3 is 0 Å². The minimum atomic E-state index is 0.142. The number of nitrogens with zero attached hydrogens (tertiary/aromatic N) is 2. The predicted octanol–water partition coefficient (Wildman–Crippen LogP) is 2.74. The van der Waals surface area contributed by atoms with Crippen molar-refractivity contribution in [2.45, 2.75) is 63.7 Å². The Hall–Kier alpha value is -0.900. The van der Waals surface area contributed by atoms with E-state index in [0.717, 1.165) is 31.2 Å². The molecule has 19 heavy (non-hydrogen) atoms. The monoisotopic (exact) mass is 262 g/mol. The molecular formula is C15H26N4. The Morgan fingerprint density at radius 1 is 1.21 bits per heavy atom. The molecule has 1 saturated carbocycles. The summed E-state index contributed by atoms with van der Waals surface area (Å²) in [4.78, 5) is 4.90. The van der Waals surface area contributed by atoms with Crippen molar-refractivity contribution in [3.8, 4) is 0 Å². The number of hydrogen-bond donors (Lipinski definition) is 2. The van der Waals surface area contributed by atoms with Crippen LogP contribution in [0.2, 0.25) is 0 Å². The van der Waals surface area contributed by atoms with Crippen molar-refractivity contribution in [1.29, 1.82) is 0 Å². The fourth-order valence-corrected chi connectivity index (χ4v) is 3.71. The third-order valence-corrected chi connectivity index (χ3v) is 5.23. The smallest absolute Gasteiger partial charge is 0.158 e. The molecule has 1 aromatic heterocycles. The lowest BCUT2D eigenvalue weighted by Gasteiger charge is -2.29. The summed E-state index contributed by atoms with van der Waals surface area (Å²) in [6, 6.07) is 0. The molecule has 1 aromatic rings. The van der Waals surface area contributed by atoms with E-state index in [1.54, 1.807) is 0 Å². The van der Waals surface area contributed by atoms with Crippen molar-refractivity contribution < 1.29 is 0 Å². The molecule has 2 aliphatic rings. The van der Waals surface area contributed by atoms with Gasteiger partial charge in [0, 0.05) is 17.9 Å². The third kappa shape index (κ3) is 2.31. The third-order valence-electron chi connectivity index (χ3n) is 5.23. The van der Waals surface area contributed by atoms with E-state index in [1.807, 2.05) is 0 Å². The molecule has 1 atom stereocenters. The lowest BCUT2D eigenvalue weighted by atomic mass is 9.76. The topological polar surface area (TPSA) is 53.6 Å². The molecule has 2 heterocycles. The van der Waals surface area contributed by atoms with Crippen molar-refractivity contribution in [1.82, 2.24) is 20.5 Å². The van der Waals surface area contributed by atoms with Crippen LogP contribution in [-0.2, 0) is 5.41 Å². The maximum atomic E-state index is 4.90. The van der Waals surface area contributed by atoms with Gasteiger partial charge in [0.05, 0.1) is 0 Å². The first kappa shape index (κ1) is 13.1. The summed E-state index contributed by atoms with van der Waals surface area (Å²) in [6.07, 6.45) is 7.79. The van der Waals surface area contributed by atoms with Crippen molar-refractivity contribution in [2.75, 3.05) is 13.1 Å². The highest BCUT2D eigenvalue weighted by Gasteiger charge is 2.42. The fourth-order valence-electron chi connectivity index (χ4n) is 3.71. The number of aromatic amines is 1. The fraction of sp³-hybridized carbons (Fsp3) is 0.867. The van der Waals surface area contributed by atoms with Crippen LogP contribution in [0.5, 0.6) is 0 Å². The molecule has 3 rings (SSSR count). The molecule has 1 saturated heterocycles. The van der Waals surface area contributed by atoms with Crippen LogP contribution in [0.4, 0.5) is 0 Å². The number of rotatable bonds is 3. The highest BCUT2D eigenvalue weighted by molar-refractivity contribution is 5.15. The summed E-state index contributed by atoms with van der Waals surface area (Å²) in [5.41, 5.74) is 0.142. The molecule has 0 amide bonds. The van der Waals surface area contributed by atoms with E-state index in [9.17, 15) is 0 Å². The van der Waals surface area contributed by atoms with Gasteiger partial charge in [-0.2, -0.15) is 5.10 Å². The van der Waals surface area contributed by atoms with Crippen molar-refractivity contribution in [2.24, 2.45) is 5.92 Å². The minimum Gasteiger partial charge on any atom is -0.316 e. The zero-order chi connectivity index (χ0) is 13.3. The molecule has 0 bridgehead atoms. The van der Waals surface area contributed by atoms with Crippen LogP contribution in [0.25, 0.3) is 0 Å². The van der Waals surface area contributed by atoms with Gasteiger partial charge in [-0.3, -0.25) is 5.10 Å². The van der Waals surface area contributed by atoms with Gasteiger partial charge in [-0.1, -0.05) is 33.1 Å². The van der Waals surface area contributed by atoms with Crippen LogP contribution in [0.3, 0.4) is 0 Å². The second kappa shape index (κ2) is 5.23. The summed E-state index contributed by atoms with van der Waals surface area (Å²) in [6.45, 7) is 6.70. The zero-order valence-corrected chi connectivity index (χ0v) is 12.2. The van der Waals surface area contributed by atoms with Crippen LogP contribution >= 0.6 is 0 Å². The number of H-pyrrole nitrogens is 1. The van der Waals surface area contributed by atoms with Crippen molar-refractivity contribution >= 4 is 0 Å². The van der Waals surface area contributed by atoms with E-state index in [0.29, 0.717) is 11.8 Å². The van der Waals surface area contributed by atoms with E-state index in [-0.39, 0.29) is 5.41 Å². The number of hydrogen-bond acceptors (Lipinski definition) is 3. The predicted molar refractivity (Wildman–Crippen MR) is 76.2 cm³/mol. The Bertz CT molecular complexity index is 412. The molecule has 4 nitrogen and oxygen atoms in total. The maximum Gasteiger partial charge on any atom is 0.158 e. The molecule has 0 spiro atoms. The largest absolute Gasteiger partial charge is 0.316 e. The normalized spacial score (nSPS) is 29.2. The molecule has 106 valence electrons. The second-order valence-corrected chi connectivity index (χ2v) is 6.62. The van der Waals surface area contributed by atoms with Crippen LogP contribution in [0.15, 0.2) is 0 Å². The van der Waals surface area contributed by atoms with Gasteiger partial charge in [0.15, 0.2) is 5.82 Å². The van der Waals surface area contributed by atoms with Crippen LogP contribution < -0.4 is 5.32 Å². The molecule has 2 N–H and O–H groups in total. The van der Waals surface area contributed by atoms with Crippen molar-refractivity contribution in [3.63, 3.8) is 0 Å². The molecule has 1 aliphatic heterocycles. The molecule has 1 aliphatic carbocycles. The first-order chi connectivity index (χ1) is 9.22. The summed E-state index contributed by atoms with van der Waals surface area (Å²) in [5.74, 6) is 3.39. The summed E-state index contributed by atoms with van der Waals surface area (Å²) >= 11 is 0. The van der Waals surface area contributed by atoms with Gasteiger partial charge in [-0.05, 0) is 31.7 Å². The average Bonchev–Trinajstić information content (AvgIpc) is 3.09. The van der Waals surface area contributed by atoms with E-state index in [1.165, 1.54) is 32.1 Å². The van der Waals surface area contributed by atoms with E-state index in [4.69, 9.17) is 4.98 Å². The highest BCUT2D eigenvalue weighted by Crippen LogP contribution is 2.37. The van der Waals surface area contributed by atoms with Crippen LogP contribution in [-0.4, -0.2) is 28.3 Å². The highest BCUT2D eigenvalue weighted by atomic mass is 15.2. The molecule has 0 radical (unpaired) electrons. The molecule has 0 aromatic carbocycles. The maximum absolute atomic E-state index is 4.90. The van der Waals surface area contributed by atoms with Crippen molar-refractivity contribution in [3.05, 3.63) is 11.6 Å². The summed E-state index contributed by atoms with van der Waals surface area (Å²) in [5, 5.41) is 11.3. The van der Waals surface area contributed by atoms with E-state index >= 15 is 0 Å². The van der Waals surface area contributed by atoms with E-state index in [2.05, 4.69) is 29.4 Å². The van der Waals surface area contributed by atoms with E-state index < -0.39 is 0 Å². The Balaban J connectivity index is 1.83. The lowest BCUT2D eigenvalue weighted by Crippen LogP contribution is -2.36. The summed E-state index contributed by atoms with van der Waals surface area (Å²) < 4.78 is 0. The Kier molecular flexibility index (Phi) is 3.61. The average molecular weight is 262 g/mol. The van der Waals surface area contributed by atoms with Crippen LogP contribution in [0.1, 0.15) is 69.9 Å². The van der Waals surface area contributed by atoms with Gasteiger partial charge in [0.25, 0.3) is 0 Å². The molecule has 4 heteroatoms. The Labute approximate surface area is 115 Å². The van der Waals surface area contributed by atoms with Crippen LogP contribution in [0, 0.1) is 5.92 Å². The lowest BCUT2D eigenvalue weighted by molar-refractivity contribution is 0.318. The van der Waals surface area contributed by atoms with Gasteiger partial charge < -0.3 is 5.32 Å². The number of nitrogens with one attached hydrogen (secondary N) is 2. The molecule has 1 unspecified atom stereocenters. The molecular weight excluding hydrogens is 236 g/mol. The van der Waals surface area contributed by atoms with Gasteiger partial charge in [-0.25, -0.2) is 4.98 Å². The number of aromatic nitrogens is 3. The van der Waals surface area contributed by atoms with Gasteiger partial charge in [0.2, 0.25) is 0 Å². The minimum absolute atomic E-state index is 0.142.